The Morgan fingerprint density at radius 1 is 0.947 bits per heavy atom. The highest BCUT2D eigenvalue weighted by Crippen LogP contribution is 2.18. The predicted molar refractivity (Wildman–Crippen MR) is 80.7 cm³/mol. The van der Waals surface area contributed by atoms with E-state index in [2.05, 4.69) is 32.0 Å². The quantitative estimate of drug-likeness (QED) is 0.824. The summed E-state index contributed by atoms with van der Waals surface area (Å²) in [4.78, 5) is 0. The van der Waals surface area contributed by atoms with Gasteiger partial charge in [-0.05, 0) is 60.6 Å². The Labute approximate surface area is 115 Å². The minimum Gasteiger partial charge on any atom is -0.508 e. The summed E-state index contributed by atoms with van der Waals surface area (Å²) >= 11 is 0. The highest BCUT2D eigenvalue weighted by molar-refractivity contribution is 5.36. The minimum atomic E-state index is 0.329. The summed E-state index contributed by atoms with van der Waals surface area (Å²) in [6.45, 7) is 4.41. The molecule has 19 heavy (non-hydrogen) atoms. The van der Waals surface area contributed by atoms with Crippen molar-refractivity contribution >= 4 is 0 Å². The topological polar surface area (TPSA) is 20.2 Å². The minimum absolute atomic E-state index is 0.329. The maximum absolute atomic E-state index is 9.30. The lowest BCUT2D eigenvalue weighted by Gasteiger charge is -2.09. The molecule has 2 aromatic carbocycles. The first-order chi connectivity index (χ1) is 9.19. The lowest BCUT2D eigenvalue weighted by Crippen LogP contribution is -1.94. The average molecular weight is 254 g/mol. The molecule has 0 spiro atoms. The van der Waals surface area contributed by atoms with E-state index in [9.17, 15) is 5.11 Å². The molecule has 0 fully saturated rings. The number of hydrogen-bond acceptors (Lipinski definition) is 1. The second kappa shape index (κ2) is 6.42. The van der Waals surface area contributed by atoms with Crippen LogP contribution in [-0.4, -0.2) is 5.11 Å². The molecule has 0 unspecified atom stereocenters. The van der Waals surface area contributed by atoms with Gasteiger partial charge in [-0.25, -0.2) is 0 Å². The van der Waals surface area contributed by atoms with Crippen molar-refractivity contribution in [2.45, 2.75) is 39.5 Å². The summed E-state index contributed by atoms with van der Waals surface area (Å²) in [5, 5.41) is 9.30. The molecule has 0 heterocycles. The van der Waals surface area contributed by atoms with Gasteiger partial charge in [0.2, 0.25) is 0 Å². The number of hydrogen-bond donors (Lipinski definition) is 1. The fourth-order valence-corrected chi connectivity index (χ4v) is 2.33. The van der Waals surface area contributed by atoms with Crippen molar-refractivity contribution in [2.24, 2.45) is 0 Å². The van der Waals surface area contributed by atoms with Crippen LogP contribution in [0.3, 0.4) is 0 Å². The van der Waals surface area contributed by atoms with Gasteiger partial charge in [0, 0.05) is 0 Å². The first kappa shape index (κ1) is 13.7. The fourth-order valence-electron chi connectivity index (χ4n) is 2.33. The van der Waals surface area contributed by atoms with E-state index < -0.39 is 0 Å². The zero-order valence-corrected chi connectivity index (χ0v) is 11.8. The Morgan fingerprint density at radius 2 is 1.63 bits per heavy atom. The number of unbranched alkanes of at least 4 members (excludes halogenated alkanes) is 1. The summed E-state index contributed by atoms with van der Waals surface area (Å²) in [5.41, 5.74) is 5.41. The van der Waals surface area contributed by atoms with Crippen LogP contribution < -0.4 is 0 Å². The Bertz CT molecular complexity index is 526. The number of rotatable bonds is 5. The average Bonchev–Trinajstić information content (AvgIpc) is 2.41. The second-order valence-electron chi connectivity index (χ2n) is 5.21. The highest BCUT2D eigenvalue weighted by atomic mass is 16.3. The molecule has 0 aliphatic heterocycles. The molecule has 1 N–H and O–H groups in total. The lowest BCUT2D eigenvalue weighted by molar-refractivity contribution is 0.475. The molecule has 0 radical (unpaired) electrons. The molecule has 1 nitrogen and oxygen atoms in total. The maximum atomic E-state index is 9.30. The number of benzene rings is 2. The zero-order chi connectivity index (χ0) is 13.7. The summed E-state index contributed by atoms with van der Waals surface area (Å²) in [6.07, 6.45) is 4.61. The van der Waals surface area contributed by atoms with Crippen LogP contribution in [0.2, 0.25) is 0 Å². The molecular formula is C18H22O. The van der Waals surface area contributed by atoms with Crippen LogP contribution in [0.1, 0.15) is 42.0 Å². The third kappa shape index (κ3) is 3.85. The second-order valence-corrected chi connectivity index (χ2v) is 5.21. The zero-order valence-electron chi connectivity index (χ0n) is 11.8. The van der Waals surface area contributed by atoms with E-state index in [0.29, 0.717) is 5.75 Å². The highest BCUT2D eigenvalue weighted by Gasteiger charge is 2.02. The molecule has 0 saturated heterocycles. The largest absolute Gasteiger partial charge is 0.508 e. The number of phenolic OH excluding ortho intramolecular Hbond substituents is 1. The van der Waals surface area contributed by atoms with Crippen LogP contribution in [0, 0.1) is 6.92 Å². The molecule has 0 aromatic heterocycles. The fraction of sp³-hybridized carbons (Fsp3) is 0.333. The van der Waals surface area contributed by atoms with Crippen molar-refractivity contribution in [1.82, 2.24) is 0 Å². The van der Waals surface area contributed by atoms with E-state index in [1.54, 1.807) is 12.1 Å². The Morgan fingerprint density at radius 3 is 2.26 bits per heavy atom. The van der Waals surface area contributed by atoms with Crippen LogP contribution in [0.25, 0.3) is 0 Å². The van der Waals surface area contributed by atoms with E-state index >= 15 is 0 Å². The lowest BCUT2D eigenvalue weighted by atomic mass is 9.97. The summed E-state index contributed by atoms with van der Waals surface area (Å²) < 4.78 is 0. The van der Waals surface area contributed by atoms with Gasteiger partial charge in [0.05, 0.1) is 0 Å². The van der Waals surface area contributed by atoms with Crippen LogP contribution >= 0.6 is 0 Å². The van der Waals surface area contributed by atoms with E-state index in [1.807, 2.05) is 12.1 Å². The first-order valence-corrected chi connectivity index (χ1v) is 7.05. The monoisotopic (exact) mass is 254 g/mol. The van der Waals surface area contributed by atoms with Crippen LogP contribution in [0.4, 0.5) is 0 Å². The smallest absolute Gasteiger partial charge is 0.115 e. The molecule has 0 atom stereocenters. The SMILES string of the molecule is CCCCc1ccc(Cc2ccc(O)cc2)c(C)c1. The van der Waals surface area contributed by atoms with Gasteiger partial charge in [-0.1, -0.05) is 43.7 Å². The maximum Gasteiger partial charge on any atom is 0.115 e. The molecular weight excluding hydrogens is 232 g/mol. The van der Waals surface area contributed by atoms with E-state index in [0.717, 1.165) is 6.42 Å². The third-order valence-corrected chi connectivity index (χ3v) is 3.56. The summed E-state index contributed by atoms with van der Waals surface area (Å²) in [7, 11) is 0. The van der Waals surface area contributed by atoms with E-state index in [4.69, 9.17) is 0 Å². The molecule has 0 saturated carbocycles. The van der Waals surface area contributed by atoms with Gasteiger partial charge in [0.1, 0.15) is 5.75 Å². The molecule has 1 heteroatoms. The summed E-state index contributed by atoms with van der Waals surface area (Å²) in [5.74, 6) is 0.329. The van der Waals surface area contributed by atoms with Crippen molar-refractivity contribution in [2.75, 3.05) is 0 Å². The van der Waals surface area contributed by atoms with Gasteiger partial charge in [0.15, 0.2) is 0 Å². The van der Waals surface area contributed by atoms with E-state index in [-0.39, 0.29) is 0 Å². The van der Waals surface area contributed by atoms with Crippen LogP contribution in [0.5, 0.6) is 5.75 Å². The van der Waals surface area contributed by atoms with Gasteiger partial charge in [0.25, 0.3) is 0 Å². The number of aryl methyl sites for hydroxylation is 2. The molecule has 2 aromatic rings. The van der Waals surface area contributed by atoms with Crippen molar-refractivity contribution in [3.8, 4) is 5.75 Å². The van der Waals surface area contributed by atoms with Crippen LogP contribution in [0.15, 0.2) is 42.5 Å². The van der Waals surface area contributed by atoms with Crippen LogP contribution in [-0.2, 0) is 12.8 Å². The van der Waals surface area contributed by atoms with Gasteiger partial charge < -0.3 is 5.11 Å². The Balaban J connectivity index is 2.10. The Kier molecular flexibility index (Phi) is 4.62. The molecule has 0 bridgehead atoms. The number of phenols is 1. The molecule has 0 aliphatic carbocycles. The molecule has 0 aliphatic rings. The van der Waals surface area contributed by atoms with Gasteiger partial charge >= 0.3 is 0 Å². The molecule has 0 amide bonds. The predicted octanol–water partition coefficient (Wildman–Crippen LogP) is 4.63. The van der Waals surface area contributed by atoms with Crippen molar-refractivity contribution in [1.29, 1.82) is 0 Å². The first-order valence-electron chi connectivity index (χ1n) is 7.05. The van der Waals surface area contributed by atoms with Gasteiger partial charge in [-0.15, -0.1) is 0 Å². The third-order valence-electron chi connectivity index (χ3n) is 3.56. The number of aromatic hydroxyl groups is 1. The van der Waals surface area contributed by atoms with E-state index in [1.165, 1.54) is 41.5 Å². The van der Waals surface area contributed by atoms with Gasteiger partial charge in [-0.2, -0.15) is 0 Å². The van der Waals surface area contributed by atoms with Crippen molar-refractivity contribution in [3.05, 3.63) is 64.7 Å². The molecule has 2 rings (SSSR count). The Hall–Kier alpha value is -1.76. The van der Waals surface area contributed by atoms with Crippen molar-refractivity contribution < 1.29 is 5.11 Å². The van der Waals surface area contributed by atoms with Crippen molar-refractivity contribution in [3.63, 3.8) is 0 Å². The summed E-state index contributed by atoms with van der Waals surface area (Å²) in [6, 6.07) is 14.3. The van der Waals surface area contributed by atoms with Gasteiger partial charge in [-0.3, -0.25) is 0 Å². The normalized spacial score (nSPS) is 10.6. The standard InChI is InChI=1S/C18H22O/c1-3-4-5-15-6-9-17(14(2)12-15)13-16-7-10-18(19)11-8-16/h6-12,19H,3-5,13H2,1-2H3. The molecule has 100 valence electrons.